The Kier molecular flexibility index (Phi) is 7.69. The SMILES string of the molecule is CCO/N=C(\C(=O)N[C@@H]1C(=O)N2C(C(=O)O)=C(CSc3cc(N)[n+](C)c(N)n3)CS[C@H]12)c1nsc(N)n1. The maximum atomic E-state index is 13.0. The van der Waals surface area contributed by atoms with Gasteiger partial charge in [-0.25, -0.2) is 9.36 Å². The number of nitrogens with zero attached hydrogens (tertiary/aromatic N) is 6. The Morgan fingerprint density at radius 1 is 1.38 bits per heavy atom. The standard InChI is InChI=1S/C19H22N10O5S3/c1-3-34-26-10(13-25-19(22)37-27-13)14(30)24-11-15(31)29-12(17(32)33)7(6-36-16(11)29)5-35-9-4-8(20)28(2)18(21)23-9/h4,11,16H,3,5-6H2,1-2H3,(H7,20,21,22,23,24,25,27,30,32,33)/p+1/b26-10-/t11-,16-/m1/s1. The Morgan fingerprint density at radius 3 is 2.76 bits per heavy atom. The largest absolute Gasteiger partial charge is 0.477 e. The monoisotopic (exact) mass is 567 g/mol. The zero-order valence-electron chi connectivity index (χ0n) is 19.6. The number of nitrogens with one attached hydrogen (secondary N) is 1. The highest BCUT2D eigenvalue weighted by Gasteiger charge is 2.54. The molecule has 2 aromatic rings. The zero-order chi connectivity index (χ0) is 26.9. The molecule has 2 atom stereocenters. The van der Waals surface area contributed by atoms with Crippen molar-refractivity contribution >= 4 is 75.4 Å². The number of fused-ring (bicyclic) bond motifs is 1. The van der Waals surface area contributed by atoms with Gasteiger partial charge >= 0.3 is 11.9 Å². The van der Waals surface area contributed by atoms with E-state index in [1.807, 2.05) is 0 Å². The molecule has 4 heterocycles. The van der Waals surface area contributed by atoms with Gasteiger partial charge in [-0.1, -0.05) is 16.9 Å². The molecule has 0 unspecified atom stereocenters. The second-order valence-electron chi connectivity index (χ2n) is 7.66. The molecule has 0 aromatic carbocycles. The van der Waals surface area contributed by atoms with E-state index in [-0.39, 0.29) is 40.7 Å². The average Bonchev–Trinajstić information content (AvgIpc) is 3.29. The number of aromatic nitrogens is 4. The van der Waals surface area contributed by atoms with Crippen molar-refractivity contribution in [3.8, 4) is 0 Å². The van der Waals surface area contributed by atoms with E-state index in [4.69, 9.17) is 22.0 Å². The number of nitrogen functional groups attached to an aromatic ring is 3. The molecule has 4 rings (SSSR count). The molecular formula is C19H23N10O5S3+. The van der Waals surface area contributed by atoms with Crippen molar-refractivity contribution in [2.45, 2.75) is 23.4 Å². The number of anilines is 3. The molecular weight excluding hydrogens is 544 g/mol. The predicted octanol–water partition coefficient (Wildman–Crippen LogP) is -1.22. The first-order valence-corrected chi connectivity index (χ1v) is 13.5. The fraction of sp³-hybridized carbons (Fsp3) is 0.368. The lowest BCUT2D eigenvalue weighted by molar-refractivity contribution is -0.645. The number of hydrogen-bond acceptors (Lipinski definition) is 14. The minimum Gasteiger partial charge on any atom is -0.477 e. The molecule has 0 bridgehead atoms. The van der Waals surface area contributed by atoms with E-state index >= 15 is 0 Å². The summed E-state index contributed by atoms with van der Waals surface area (Å²) in [6.45, 7) is 1.87. The topological polar surface area (TPSA) is 229 Å². The summed E-state index contributed by atoms with van der Waals surface area (Å²) in [5.74, 6) is -1.40. The number of amides is 2. The van der Waals surface area contributed by atoms with E-state index in [9.17, 15) is 19.5 Å². The van der Waals surface area contributed by atoms with E-state index in [0.717, 1.165) is 11.5 Å². The van der Waals surface area contributed by atoms with Gasteiger partial charge in [-0.3, -0.25) is 14.5 Å². The van der Waals surface area contributed by atoms with Crippen molar-refractivity contribution in [2.24, 2.45) is 12.2 Å². The number of rotatable bonds is 9. The summed E-state index contributed by atoms with van der Waals surface area (Å²) in [5, 5.41) is 16.3. The van der Waals surface area contributed by atoms with Crippen molar-refractivity contribution in [3.63, 3.8) is 0 Å². The number of carbonyl (C=O) groups is 3. The van der Waals surface area contributed by atoms with E-state index in [0.29, 0.717) is 22.2 Å². The maximum Gasteiger partial charge on any atom is 0.352 e. The summed E-state index contributed by atoms with van der Waals surface area (Å²) in [4.78, 5) is 52.4. The van der Waals surface area contributed by atoms with Crippen LogP contribution in [0.3, 0.4) is 0 Å². The molecule has 37 heavy (non-hydrogen) atoms. The lowest BCUT2D eigenvalue weighted by Crippen LogP contribution is -2.71. The molecule has 2 aromatic heterocycles. The van der Waals surface area contributed by atoms with Gasteiger partial charge in [0.05, 0.1) is 7.05 Å². The Morgan fingerprint density at radius 2 is 2.14 bits per heavy atom. The fourth-order valence-electron chi connectivity index (χ4n) is 3.46. The Balaban J connectivity index is 1.50. The van der Waals surface area contributed by atoms with Gasteiger partial charge in [0.2, 0.25) is 11.5 Å². The van der Waals surface area contributed by atoms with Gasteiger partial charge in [-0.2, -0.15) is 9.36 Å². The normalized spacial score (nSPS) is 19.4. The molecule has 2 amide bonds. The Hall–Kier alpha value is -3.64. The highest BCUT2D eigenvalue weighted by atomic mass is 32.2. The van der Waals surface area contributed by atoms with Crippen LogP contribution in [0.5, 0.6) is 0 Å². The lowest BCUT2D eigenvalue weighted by Gasteiger charge is -2.49. The van der Waals surface area contributed by atoms with Crippen LogP contribution in [0.15, 0.2) is 27.5 Å². The third kappa shape index (κ3) is 5.25. The lowest BCUT2D eigenvalue weighted by atomic mass is 10.0. The summed E-state index contributed by atoms with van der Waals surface area (Å²) in [7, 11) is 1.67. The quantitative estimate of drug-likeness (QED) is 0.0598. The van der Waals surface area contributed by atoms with Gasteiger partial charge in [0.1, 0.15) is 23.7 Å². The number of oxime groups is 1. The number of β-lactam (4-membered cyclic amide) rings is 1. The highest BCUT2D eigenvalue weighted by molar-refractivity contribution is 8.01. The summed E-state index contributed by atoms with van der Waals surface area (Å²) in [6, 6.07) is 0.659. The molecule has 0 aliphatic carbocycles. The zero-order valence-corrected chi connectivity index (χ0v) is 22.0. The number of carbonyl (C=O) groups excluding carboxylic acids is 2. The minimum atomic E-state index is -1.24. The van der Waals surface area contributed by atoms with Crippen molar-refractivity contribution in [1.29, 1.82) is 0 Å². The number of nitrogens with two attached hydrogens (primary N) is 3. The number of thioether (sulfide) groups is 2. The van der Waals surface area contributed by atoms with Crippen LogP contribution in [-0.4, -0.2) is 77.4 Å². The van der Waals surface area contributed by atoms with Crippen LogP contribution in [0.25, 0.3) is 0 Å². The van der Waals surface area contributed by atoms with Crippen molar-refractivity contribution in [2.75, 3.05) is 35.3 Å². The average molecular weight is 568 g/mol. The molecule has 0 saturated carbocycles. The molecule has 1 fully saturated rings. The van der Waals surface area contributed by atoms with E-state index in [1.165, 1.54) is 33.0 Å². The Labute approximate surface area is 222 Å². The molecule has 0 spiro atoms. The molecule has 8 N–H and O–H groups in total. The molecule has 18 heteroatoms. The Bertz CT molecular complexity index is 1310. The third-order valence-electron chi connectivity index (χ3n) is 5.31. The first-order chi connectivity index (χ1) is 17.6. The molecule has 2 aliphatic rings. The minimum absolute atomic E-state index is 0.0387. The van der Waals surface area contributed by atoms with Gasteiger partial charge in [-0.05, 0) is 12.5 Å². The summed E-state index contributed by atoms with van der Waals surface area (Å²) in [5.41, 5.74) is 17.5. The number of carboxylic acid groups (broad SMARTS) is 1. The van der Waals surface area contributed by atoms with Crippen LogP contribution >= 0.6 is 35.1 Å². The van der Waals surface area contributed by atoms with Gasteiger partial charge in [0.15, 0.2) is 16.0 Å². The highest BCUT2D eigenvalue weighted by Crippen LogP contribution is 2.41. The smallest absolute Gasteiger partial charge is 0.352 e. The van der Waals surface area contributed by atoms with Crippen LogP contribution in [0.2, 0.25) is 0 Å². The van der Waals surface area contributed by atoms with Gasteiger partial charge < -0.3 is 32.5 Å². The van der Waals surface area contributed by atoms with Crippen LogP contribution in [0.4, 0.5) is 16.9 Å². The molecule has 0 radical (unpaired) electrons. The van der Waals surface area contributed by atoms with Crippen LogP contribution in [0, 0.1) is 0 Å². The van der Waals surface area contributed by atoms with Crippen LogP contribution in [-0.2, 0) is 26.3 Å². The van der Waals surface area contributed by atoms with E-state index in [1.54, 1.807) is 20.0 Å². The van der Waals surface area contributed by atoms with Gasteiger partial charge in [0.25, 0.3) is 11.8 Å². The van der Waals surface area contributed by atoms with Crippen LogP contribution in [0.1, 0.15) is 12.7 Å². The number of aliphatic carboxylic acids is 1. The molecule has 15 nitrogen and oxygen atoms in total. The summed E-state index contributed by atoms with van der Waals surface area (Å²) in [6.07, 6.45) is 0. The molecule has 1 saturated heterocycles. The summed E-state index contributed by atoms with van der Waals surface area (Å²) < 4.78 is 5.49. The maximum absolute atomic E-state index is 13.0. The van der Waals surface area contributed by atoms with Gasteiger partial charge in [0, 0.05) is 29.1 Å². The van der Waals surface area contributed by atoms with Crippen molar-refractivity contribution in [1.82, 2.24) is 24.6 Å². The first-order valence-electron chi connectivity index (χ1n) is 10.7. The second kappa shape index (κ2) is 10.8. The first kappa shape index (κ1) is 26.4. The van der Waals surface area contributed by atoms with E-state index in [2.05, 4.69) is 24.8 Å². The van der Waals surface area contributed by atoms with Crippen molar-refractivity contribution in [3.05, 3.63) is 23.2 Å². The fourth-order valence-corrected chi connectivity index (χ4v) is 6.29. The predicted molar refractivity (Wildman–Crippen MR) is 137 cm³/mol. The number of hydrogen-bond donors (Lipinski definition) is 5. The van der Waals surface area contributed by atoms with E-state index < -0.39 is 29.2 Å². The molecule has 2 aliphatic heterocycles. The summed E-state index contributed by atoms with van der Waals surface area (Å²) >= 11 is 3.47. The van der Waals surface area contributed by atoms with Gasteiger partial charge in [-0.15, -0.1) is 16.7 Å². The third-order valence-corrected chi connectivity index (χ3v) is 8.19. The second-order valence-corrected chi connectivity index (χ2v) is 10.5. The van der Waals surface area contributed by atoms with Crippen molar-refractivity contribution < 1.29 is 28.9 Å². The number of carboxylic acids is 1. The van der Waals surface area contributed by atoms with Crippen LogP contribution < -0.4 is 27.1 Å². The molecule has 196 valence electrons.